The lowest BCUT2D eigenvalue weighted by Crippen LogP contribution is -2.06. The van der Waals surface area contributed by atoms with Crippen LogP contribution in [0.3, 0.4) is 0 Å². The normalized spacial score (nSPS) is 12.7. The molecule has 0 saturated carbocycles. The smallest absolute Gasteiger partial charge is 0.338 e. The second-order valence-electron chi connectivity index (χ2n) is 8.22. The molecule has 0 radical (unpaired) electrons. The molecule has 0 bridgehead atoms. The van der Waals surface area contributed by atoms with Crippen LogP contribution in [0.25, 0.3) is 5.57 Å². The van der Waals surface area contributed by atoms with Crippen LogP contribution < -0.4 is 4.74 Å². The monoisotopic (exact) mass is 510 g/mol. The Morgan fingerprint density at radius 3 is 2.58 bits per heavy atom. The van der Waals surface area contributed by atoms with Gasteiger partial charge in [0, 0.05) is 11.1 Å². The number of ether oxygens (including phenoxy) is 2. The fourth-order valence-corrected chi connectivity index (χ4v) is 3.58. The van der Waals surface area contributed by atoms with Crippen LogP contribution in [-0.2, 0) is 16.1 Å². The Hall–Kier alpha value is -3.57. The Morgan fingerprint density at radius 2 is 1.92 bits per heavy atom. The average molecular weight is 511 g/mol. The Bertz CT molecular complexity index is 1220. The highest BCUT2D eigenvalue weighted by Crippen LogP contribution is 2.31. The van der Waals surface area contributed by atoms with Crippen molar-refractivity contribution in [1.82, 2.24) is 0 Å². The Balaban J connectivity index is 2.18. The number of carbonyl (C=O) groups excluding carboxylic acids is 1. The zero-order valence-electron chi connectivity index (χ0n) is 21.1. The first-order chi connectivity index (χ1) is 17.1. The number of rotatable bonds is 11. The highest BCUT2D eigenvalue weighted by Gasteiger charge is 2.10. The van der Waals surface area contributed by atoms with Crippen LogP contribution in [0.2, 0.25) is 5.02 Å². The zero-order chi connectivity index (χ0) is 26.7. The lowest BCUT2D eigenvalue weighted by atomic mass is 10.0. The molecule has 0 fully saturated rings. The molecule has 0 aliphatic heterocycles. The minimum absolute atomic E-state index is 0.111. The third kappa shape index (κ3) is 8.90. The van der Waals surface area contributed by atoms with Crippen molar-refractivity contribution in [1.29, 1.82) is 0 Å². The molecule has 0 unspecified atom stereocenters. The molecule has 4 nitrogen and oxygen atoms in total. The molecule has 36 heavy (non-hydrogen) atoms. The van der Waals surface area contributed by atoms with E-state index in [9.17, 15) is 14.3 Å². The van der Waals surface area contributed by atoms with Crippen molar-refractivity contribution in [2.45, 2.75) is 40.7 Å². The number of carbonyl (C=O) groups is 1. The Morgan fingerprint density at radius 1 is 1.17 bits per heavy atom. The van der Waals surface area contributed by atoms with Crippen molar-refractivity contribution in [2.24, 2.45) is 0 Å². The molecule has 0 heterocycles. The predicted molar refractivity (Wildman–Crippen MR) is 145 cm³/mol. The second-order valence-corrected chi connectivity index (χ2v) is 8.63. The summed E-state index contributed by atoms with van der Waals surface area (Å²) in [5.41, 5.74) is 4.49. The number of phenols is 1. The van der Waals surface area contributed by atoms with Crippen molar-refractivity contribution in [3.05, 3.63) is 112 Å². The van der Waals surface area contributed by atoms with Crippen molar-refractivity contribution in [3.8, 4) is 11.5 Å². The zero-order valence-corrected chi connectivity index (χ0v) is 21.9. The van der Waals surface area contributed by atoms with Crippen molar-refractivity contribution < 1.29 is 23.8 Å². The van der Waals surface area contributed by atoms with Crippen molar-refractivity contribution >= 4 is 23.1 Å². The van der Waals surface area contributed by atoms with Gasteiger partial charge in [-0.05, 0) is 76.1 Å². The number of allylic oxidation sites excluding steroid dienone is 7. The number of phenolic OH excluding ortho intramolecular Hbond substituents is 1. The molecule has 0 atom stereocenters. The first-order valence-electron chi connectivity index (χ1n) is 11.6. The predicted octanol–water partition coefficient (Wildman–Crippen LogP) is 8.13. The summed E-state index contributed by atoms with van der Waals surface area (Å²) < 4.78 is 24.4. The van der Waals surface area contributed by atoms with E-state index in [4.69, 9.17) is 21.1 Å². The van der Waals surface area contributed by atoms with Crippen molar-refractivity contribution in [2.75, 3.05) is 6.61 Å². The van der Waals surface area contributed by atoms with E-state index in [-0.39, 0.29) is 23.3 Å². The Labute approximate surface area is 217 Å². The molecule has 2 rings (SSSR count). The second kappa shape index (κ2) is 14.1. The highest BCUT2D eigenvalue weighted by molar-refractivity contribution is 6.31. The molecular weight excluding hydrogens is 479 g/mol. The number of hydrogen-bond donors (Lipinski definition) is 1. The summed E-state index contributed by atoms with van der Waals surface area (Å²) in [6, 6.07) is 9.01. The minimum atomic E-state index is -0.410. The topological polar surface area (TPSA) is 55.8 Å². The van der Waals surface area contributed by atoms with Crippen LogP contribution >= 0.6 is 11.6 Å². The van der Waals surface area contributed by atoms with Gasteiger partial charge >= 0.3 is 5.97 Å². The lowest BCUT2D eigenvalue weighted by Gasteiger charge is -2.13. The molecule has 2 aromatic rings. The maximum atomic E-state index is 13.3. The van der Waals surface area contributed by atoms with E-state index < -0.39 is 5.82 Å². The summed E-state index contributed by atoms with van der Waals surface area (Å²) in [5.74, 6) is -0.120. The largest absolute Gasteiger partial charge is 0.508 e. The van der Waals surface area contributed by atoms with E-state index in [2.05, 4.69) is 6.58 Å². The van der Waals surface area contributed by atoms with Gasteiger partial charge < -0.3 is 14.6 Å². The third-order valence-electron chi connectivity index (χ3n) is 5.13. The first kappa shape index (κ1) is 28.7. The van der Waals surface area contributed by atoms with Gasteiger partial charge in [0.2, 0.25) is 0 Å². The third-order valence-corrected chi connectivity index (χ3v) is 5.48. The van der Waals surface area contributed by atoms with Gasteiger partial charge in [0.1, 0.15) is 23.9 Å². The SMILES string of the molecule is C=C(/C=C(\C=C/C)C(=O)OCC)C/C(C)=C\C=C(/C)c1cc(O)ccc1OCc1ccc(F)cc1Cl. The van der Waals surface area contributed by atoms with Crippen molar-refractivity contribution in [3.63, 3.8) is 0 Å². The van der Waals surface area contributed by atoms with Gasteiger partial charge in [-0.25, -0.2) is 9.18 Å². The number of esters is 1. The maximum Gasteiger partial charge on any atom is 0.338 e. The van der Waals surface area contributed by atoms with E-state index in [1.165, 1.54) is 12.1 Å². The summed E-state index contributed by atoms with van der Waals surface area (Å²) in [5, 5.41) is 10.3. The molecule has 6 heteroatoms. The van der Waals surface area contributed by atoms with Gasteiger partial charge in [0.05, 0.1) is 17.2 Å². The average Bonchev–Trinajstić information content (AvgIpc) is 2.82. The lowest BCUT2D eigenvalue weighted by molar-refractivity contribution is -0.138. The highest BCUT2D eigenvalue weighted by atomic mass is 35.5. The number of benzene rings is 2. The van der Waals surface area contributed by atoms with Gasteiger partial charge in [0.15, 0.2) is 0 Å². The standard InChI is InChI=1S/C30H32ClFO4/c1-6-8-23(30(34)35-7-2)16-21(4)15-20(3)9-10-22(5)27-18-26(33)13-14-29(27)36-19-24-11-12-25(32)17-28(24)31/h6,8-14,16-18,33H,4,7,15,19H2,1-3,5H3/b8-6-,20-9-,22-10+,23-16+. The molecule has 0 amide bonds. The molecule has 0 aliphatic carbocycles. The molecule has 2 aromatic carbocycles. The summed E-state index contributed by atoms with van der Waals surface area (Å²) in [7, 11) is 0. The summed E-state index contributed by atoms with van der Waals surface area (Å²) in [6.07, 6.45) is 9.67. The van der Waals surface area contributed by atoms with E-state index in [1.807, 2.05) is 32.9 Å². The van der Waals surface area contributed by atoms with E-state index in [1.54, 1.807) is 49.4 Å². The van der Waals surface area contributed by atoms with Gasteiger partial charge in [-0.15, -0.1) is 0 Å². The molecule has 0 spiro atoms. The fraction of sp³-hybridized carbons (Fsp3) is 0.233. The molecule has 0 saturated heterocycles. The van der Waals surface area contributed by atoms with Crippen LogP contribution in [-0.4, -0.2) is 17.7 Å². The number of aromatic hydroxyl groups is 1. The van der Waals surface area contributed by atoms with E-state index >= 15 is 0 Å². The summed E-state index contributed by atoms with van der Waals surface area (Å²) in [4.78, 5) is 12.1. The minimum Gasteiger partial charge on any atom is -0.508 e. The van der Waals surface area contributed by atoms with Crippen LogP contribution in [0.1, 0.15) is 45.2 Å². The Kier molecular flexibility index (Phi) is 11.2. The van der Waals surface area contributed by atoms with E-state index in [0.717, 1.165) is 16.7 Å². The van der Waals surface area contributed by atoms with Gasteiger partial charge in [-0.3, -0.25) is 0 Å². The van der Waals surface area contributed by atoms with Crippen LogP contribution in [0.4, 0.5) is 4.39 Å². The molecule has 190 valence electrons. The fourth-order valence-electron chi connectivity index (χ4n) is 3.36. The molecular formula is C30H32ClFO4. The molecule has 0 aliphatic rings. The number of hydrogen-bond acceptors (Lipinski definition) is 4. The van der Waals surface area contributed by atoms with Crippen LogP contribution in [0.15, 0.2) is 90.1 Å². The first-order valence-corrected chi connectivity index (χ1v) is 12.0. The summed E-state index contributed by atoms with van der Waals surface area (Å²) >= 11 is 6.11. The van der Waals surface area contributed by atoms with Gasteiger partial charge in [-0.2, -0.15) is 0 Å². The van der Waals surface area contributed by atoms with Gasteiger partial charge in [-0.1, -0.05) is 59.7 Å². The van der Waals surface area contributed by atoms with Crippen LogP contribution in [0, 0.1) is 5.82 Å². The quantitative estimate of drug-likeness (QED) is 0.188. The molecule has 1 N–H and O–H groups in total. The number of halogens is 2. The van der Waals surface area contributed by atoms with Gasteiger partial charge in [0.25, 0.3) is 0 Å². The van der Waals surface area contributed by atoms with Crippen LogP contribution in [0.5, 0.6) is 11.5 Å². The molecule has 0 aromatic heterocycles. The summed E-state index contributed by atoms with van der Waals surface area (Å²) in [6.45, 7) is 12.0. The maximum absolute atomic E-state index is 13.3. The van der Waals surface area contributed by atoms with E-state index in [0.29, 0.717) is 35.5 Å².